The van der Waals surface area contributed by atoms with Crippen LogP contribution < -0.4 is 15.5 Å². The van der Waals surface area contributed by atoms with E-state index < -0.39 is 23.7 Å². The third-order valence-electron chi connectivity index (χ3n) is 6.23. The Labute approximate surface area is 198 Å². The molecule has 8 nitrogen and oxygen atoms in total. The molecule has 12 heteroatoms. The van der Waals surface area contributed by atoms with Crippen LogP contribution in [0.3, 0.4) is 0 Å². The van der Waals surface area contributed by atoms with Crippen molar-refractivity contribution < 1.29 is 32.2 Å². The number of thiophene rings is 1. The van der Waals surface area contributed by atoms with Gasteiger partial charge in [0, 0.05) is 51.5 Å². The molecule has 186 valence electrons. The molecule has 1 atom stereocenters. The number of rotatable bonds is 5. The Hall–Kier alpha value is -2.60. The standard InChI is InChI=1S/C22H27F3N4O4S/c1-21(6-3-9-32-21)12-27-20(31)33-13-4-7-29(8-5-13)16-10-15(22(23,24)25)18-17(28-16)14(11-34-18)19(30)26-2/h10-11,13H,3-9,12H2,1-2H3,(H,26,30)(H,27,31). The number of fused-ring (bicyclic) bond motifs is 1. The van der Waals surface area contributed by atoms with E-state index in [2.05, 4.69) is 15.6 Å². The number of aromatic nitrogens is 1. The van der Waals surface area contributed by atoms with E-state index in [0.29, 0.717) is 39.1 Å². The molecule has 1 unspecified atom stereocenters. The summed E-state index contributed by atoms with van der Waals surface area (Å²) in [6, 6.07) is 1.03. The zero-order valence-electron chi connectivity index (χ0n) is 19.0. The second kappa shape index (κ2) is 9.57. The molecule has 0 aliphatic carbocycles. The Morgan fingerprint density at radius 2 is 2.09 bits per heavy atom. The van der Waals surface area contributed by atoms with E-state index in [4.69, 9.17) is 9.47 Å². The van der Waals surface area contributed by atoms with Crippen molar-refractivity contribution >= 4 is 39.4 Å². The predicted octanol–water partition coefficient (Wildman–Crippen LogP) is 3.94. The lowest BCUT2D eigenvalue weighted by molar-refractivity contribution is -0.136. The molecule has 0 spiro atoms. The fourth-order valence-corrected chi connectivity index (χ4v) is 5.32. The summed E-state index contributed by atoms with van der Waals surface area (Å²) in [4.78, 5) is 30.5. The highest BCUT2D eigenvalue weighted by Crippen LogP contribution is 2.40. The number of carbonyl (C=O) groups is 2. The average Bonchev–Trinajstić information content (AvgIpc) is 3.43. The van der Waals surface area contributed by atoms with Crippen molar-refractivity contribution in [3.8, 4) is 0 Å². The Kier molecular flexibility index (Phi) is 6.90. The first-order valence-electron chi connectivity index (χ1n) is 11.1. The van der Waals surface area contributed by atoms with Crippen LogP contribution >= 0.6 is 11.3 Å². The normalized spacial score (nSPS) is 21.6. The third kappa shape index (κ3) is 5.22. The van der Waals surface area contributed by atoms with Gasteiger partial charge in [0.2, 0.25) is 0 Å². The fourth-order valence-electron chi connectivity index (χ4n) is 4.29. The zero-order valence-corrected chi connectivity index (χ0v) is 19.8. The van der Waals surface area contributed by atoms with E-state index in [1.807, 2.05) is 6.92 Å². The van der Waals surface area contributed by atoms with Crippen LogP contribution in [0.5, 0.6) is 0 Å². The second-order valence-corrected chi connectivity index (χ2v) is 9.66. The maximum Gasteiger partial charge on any atom is 0.417 e. The van der Waals surface area contributed by atoms with Gasteiger partial charge in [-0.3, -0.25) is 4.79 Å². The van der Waals surface area contributed by atoms with Gasteiger partial charge >= 0.3 is 12.3 Å². The number of hydrogen-bond donors (Lipinski definition) is 2. The van der Waals surface area contributed by atoms with E-state index in [9.17, 15) is 22.8 Å². The maximum absolute atomic E-state index is 13.8. The van der Waals surface area contributed by atoms with Crippen molar-refractivity contribution in [1.29, 1.82) is 0 Å². The summed E-state index contributed by atoms with van der Waals surface area (Å²) in [5, 5.41) is 6.58. The number of piperidine rings is 1. The summed E-state index contributed by atoms with van der Waals surface area (Å²) < 4.78 is 52.4. The number of alkyl carbamates (subject to hydrolysis) is 1. The first-order chi connectivity index (χ1) is 16.1. The van der Waals surface area contributed by atoms with Gasteiger partial charge in [0.05, 0.1) is 26.9 Å². The molecule has 2 fully saturated rings. The molecular weight excluding hydrogens is 473 g/mol. The number of ether oxygens (including phenoxy) is 2. The number of amides is 2. The second-order valence-electron chi connectivity index (χ2n) is 8.78. The van der Waals surface area contributed by atoms with Gasteiger partial charge in [-0.2, -0.15) is 13.2 Å². The Morgan fingerprint density at radius 3 is 2.71 bits per heavy atom. The molecule has 2 aromatic rings. The van der Waals surface area contributed by atoms with Crippen LogP contribution in [0.15, 0.2) is 11.4 Å². The van der Waals surface area contributed by atoms with Crippen LogP contribution in [0.2, 0.25) is 0 Å². The number of anilines is 1. The molecule has 4 rings (SSSR count). The van der Waals surface area contributed by atoms with Gasteiger partial charge in [-0.1, -0.05) is 0 Å². The summed E-state index contributed by atoms with van der Waals surface area (Å²) in [5.74, 6) is -0.336. The number of hydrogen-bond acceptors (Lipinski definition) is 7. The van der Waals surface area contributed by atoms with E-state index in [1.165, 1.54) is 12.4 Å². The van der Waals surface area contributed by atoms with E-state index in [-0.39, 0.29) is 33.3 Å². The lowest BCUT2D eigenvalue weighted by atomic mass is 10.0. The average molecular weight is 501 g/mol. The highest BCUT2D eigenvalue weighted by Gasteiger charge is 2.36. The van der Waals surface area contributed by atoms with Crippen LogP contribution in [0.1, 0.15) is 48.5 Å². The number of pyridine rings is 1. The van der Waals surface area contributed by atoms with Gasteiger partial charge in [-0.15, -0.1) is 11.3 Å². The number of nitrogens with zero attached hydrogens (tertiary/aromatic N) is 2. The molecule has 34 heavy (non-hydrogen) atoms. The number of nitrogens with one attached hydrogen (secondary N) is 2. The molecule has 2 aromatic heterocycles. The van der Waals surface area contributed by atoms with Crippen molar-refractivity contribution in [2.45, 2.75) is 50.5 Å². The van der Waals surface area contributed by atoms with E-state index in [1.54, 1.807) is 4.90 Å². The van der Waals surface area contributed by atoms with Gasteiger partial charge < -0.3 is 25.0 Å². The van der Waals surface area contributed by atoms with Crippen LogP contribution in [0, 0.1) is 0 Å². The van der Waals surface area contributed by atoms with E-state index in [0.717, 1.165) is 30.2 Å². The monoisotopic (exact) mass is 500 g/mol. The third-order valence-corrected chi connectivity index (χ3v) is 7.24. The van der Waals surface area contributed by atoms with E-state index >= 15 is 0 Å². The number of halogens is 3. The number of alkyl halides is 3. The van der Waals surface area contributed by atoms with Crippen LogP contribution in [-0.2, 0) is 15.7 Å². The summed E-state index contributed by atoms with van der Waals surface area (Å²) in [6.07, 6.45) is -2.72. The predicted molar refractivity (Wildman–Crippen MR) is 121 cm³/mol. The van der Waals surface area contributed by atoms with Crippen molar-refractivity contribution in [3.05, 3.63) is 22.6 Å². The molecule has 2 aliphatic heterocycles. The lowest BCUT2D eigenvalue weighted by Crippen LogP contribution is -2.43. The minimum Gasteiger partial charge on any atom is -0.446 e. The SMILES string of the molecule is CNC(=O)c1csc2c(C(F)(F)F)cc(N3CCC(OC(=O)NCC4(C)CCCO4)CC3)nc12. The summed E-state index contributed by atoms with van der Waals surface area (Å²) in [5.41, 5.74) is -1.04. The topological polar surface area (TPSA) is 92.8 Å². The molecular formula is C22H27F3N4O4S. The first kappa shape index (κ1) is 24.5. The molecule has 4 heterocycles. The minimum atomic E-state index is -4.58. The largest absolute Gasteiger partial charge is 0.446 e. The summed E-state index contributed by atoms with van der Waals surface area (Å²) >= 11 is 0.852. The molecule has 0 aromatic carbocycles. The first-order valence-corrected chi connectivity index (χ1v) is 12.0. The highest BCUT2D eigenvalue weighted by atomic mass is 32.1. The zero-order chi connectivity index (χ0) is 24.5. The van der Waals surface area contributed by atoms with Gasteiger partial charge in [0.25, 0.3) is 5.91 Å². The van der Waals surface area contributed by atoms with Gasteiger partial charge in [-0.05, 0) is 25.8 Å². The van der Waals surface area contributed by atoms with Crippen molar-refractivity contribution in [3.63, 3.8) is 0 Å². The van der Waals surface area contributed by atoms with Crippen molar-refractivity contribution in [2.75, 3.05) is 38.2 Å². The smallest absolute Gasteiger partial charge is 0.417 e. The molecule has 0 radical (unpaired) electrons. The Morgan fingerprint density at radius 1 is 1.35 bits per heavy atom. The van der Waals surface area contributed by atoms with Crippen molar-refractivity contribution in [1.82, 2.24) is 15.6 Å². The lowest BCUT2D eigenvalue weighted by Gasteiger charge is -2.33. The van der Waals surface area contributed by atoms with Gasteiger partial charge in [-0.25, -0.2) is 9.78 Å². The highest BCUT2D eigenvalue weighted by molar-refractivity contribution is 7.17. The van der Waals surface area contributed by atoms with Crippen LogP contribution in [0.4, 0.5) is 23.8 Å². The molecule has 2 amide bonds. The quantitative estimate of drug-likeness (QED) is 0.646. The van der Waals surface area contributed by atoms with Crippen LogP contribution in [-0.4, -0.2) is 62.0 Å². The molecule has 2 aliphatic rings. The molecule has 2 saturated heterocycles. The van der Waals surface area contributed by atoms with Gasteiger partial charge in [0.15, 0.2) is 0 Å². The molecule has 2 N–H and O–H groups in total. The summed E-state index contributed by atoms with van der Waals surface area (Å²) in [6.45, 7) is 3.73. The Balaban J connectivity index is 1.43. The van der Waals surface area contributed by atoms with Crippen molar-refractivity contribution in [2.24, 2.45) is 0 Å². The van der Waals surface area contributed by atoms with Gasteiger partial charge in [0.1, 0.15) is 11.9 Å². The summed E-state index contributed by atoms with van der Waals surface area (Å²) in [7, 11) is 1.42. The number of carbonyl (C=O) groups excluding carboxylic acids is 2. The minimum absolute atomic E-state index is 0.0366. The Bertz CT molecular complexity index is 1060. The van der Waals surface area contributed by atoms with Crippen LogP contribution in [0.25, 0.3) is 10.2 Å². The fraction of sp³-hybridized carbons (Fsp3) is 0.591. The molecule has 0 saturated carbocycles. The maximum atomic E-state index is 13.8. The molecule has 0 bridgehead atoms.